The monoisotopic (exact) mass is 482 g/mol. The minimum atomic E-state index is -3.05. The third kappa shape index (κ3) is 4.29. The highest BCUT2D eigenvalue weighted by atomic mass is 127. The standard InChI is InChI=1S/C15H17BrIO3P/c1-3-19-21(18,20-4-2)10-11-5-7-13-12(9-11)6-8-14(17)15(13)16/h5-9H,3-4,10H2,1-2H3. The molecule has 0 amide bonds. The highest BCUT2D eigenvalue weighted by Crippen LogP contribution is 2.51. The van der Waals surface area contributed by atoms with Gasteiger partial charge in [-0.3, -0.25) is 4.57 Å². The first-order valence-corrected chi connectivity index (χ1v) is 10.3. The van der Waals surface area contributed by atoms with Gasteiger partial charge >= 0.3 is 7.60 Å². The van der Waals surface area contributed by atoms with Crippen LogP contribution in [0.3, 0.4) is 0 Å². The molecule has 0 aliphatic heterocycles. The molecule has 0 bridgehead atoms. The van der Waals surface area contributed by atoms with Gasteiger partial charge in [-0.1, -0.05) is 24.3 Å². The second-order valence-electron chi connectivity index (χ2n) is 4.52. The van der Waals surface area contributed by atoms with Crippen molar-refractivity contribution >= 4 is 56.9 Å². The van der Waals surface area contributed by atoms with E-state index in [0.717, 1.165) is 20.8 Å². The van der Waals surface area contributed by atoms with Gasteiger partial charge in [-0.15, -0.1) is 0 Å². The molecule has 114 valence electrons. The van der Waals surface area contributed by atoms with Gasteiger partial charge in [-0.2, -0.15) is 0 Å². The Morgan fingerprint density at radius 2 is 1.81 bits per heavy atom. The first kappa shape index (κ1) is 17.4. The lowest BCUT2D eigenvalue weighted by molar-refractivity contribution is 0.219. The first-order valence-electron chi connectivity index (χ1n) is 6.74. The van der Waals surface area contributed by atoms with Crippen molar-refractivity contribution in [3.05, 3.63) is 43.9 Å². The Bertz CT molecular complexity index is 680. The van der Waals surface area contributed by atoms with E-state index in [2.05, 4.69) is 50.7 Å². The molecule has 3 nitrogen and oxygen atoms in total. The van der Waals surface area contributed by atoms with E-state index in [-0.39, 0.29) is 0 Å². The SMILES string of the molecule is CCOP(=O)(Cc1ccc2c(Br)c(I)ccc2c1)OCC. The second-order valence-corrected chi connectivity index (χ2v) is 8.53. The van der Waals surface area contributed by atoms with Crippen LogP contribution in [0.4, 0.5) is 0 Å². The summed E-state index contributed by atoms with van der Waals surface area (Å²) in [7, 11) is -3.05. The van der Waals surface area contributed by atoms with Crippen LogP contribution < -0.4 is 0 Å². The number of fused-ring (bicyclic) bond motifs is 1. The summed E-state index contributed by atoms with van der Waals surface area (Å²) in [5.74, 6) is 0. The quantitative estimate of drug-likeness (QED) is 0.375. The molecule has 0 fully saturated rings. The van der Waals surface area contributed by atoms with Crippen LogP contribution in [0.5, 0.6) is 0 Å². The fourth-order valence-corrected chi connectivity index (χ4v) is 4.81. The molecule has 6 heteroatoms. The molecule has 21 heavy (non-hydrogen) atoms. The molecule has 2 aromatic carbocycles. The summed E-state index contributed by atoms with van der Waals surface area (Å²) in [5.41, 5.74) is 0.959. The van der Waals surface area contributed by atoms with E-state index >= 15 is 0 Å². The molecule has 0 aliphatic carbocycles. The highest BCUT2D eigenvalue weighted by molar-refractivity contribution is 14.1. The Morgan fingerprint density at radius 3 is 2.43 bits per heavy atom. The highest BCUT2D eigenvalue weighted by Gasteiger charge is 2.24. The van der Waals surface area contributed by atoms with Gasteiger partial charge in [0.1, 0.15) is 0 Å². The van der Waals surface area contributed by atoms with E-state index in [0.29, 0.717) is 19.4 Å². The number of rotatable bonds is 6. The van der Waals surface area contributed by atoms with Crippen LogP contribution >= 0.6 is 46.1 Å². The van der Waals surface area contributed by atoms with E-state index in [1.54, 1.807) is 0 Å². The number of benzene rings is 2. The topological polar surface area (TPSA) is 35.5 Å². The van der Waals surface area contributed by atoms with Gasteiger partial charge in [0.05, 0.1) is 19.4 Å². The van der Waals surface area contributed by atoms with Crippen LogP contribution in [0, 0.1) is 3.57 Å². The summed E-state index contributed by atoms with van der Waals surface area (Å²) >= 11 is 5.90. The van der Waals surface area contributed by atoms with Gasteiger partial charge in [0.15, 0.2) is 0 Å². The van der Waals surface area contributed by atoms with Crippen LogP contribution in [0.25, 0.3) is 10.8 Å². The van der Waals surface area contributed by atoms with Crippen LogP contribution in [-0.2, 0) is 19.8 Å². The predicted octanol–water partition coefficient (Wildman–Crippen LogP) is 5.97. The van der Waals surface area contributed by atoms with E-state index in [1.807, 2.05) is 32.0 Å². The molecule has 0 atom stereocenters. The number of hydrogen-bond acceptors (Lipinski definition) is 3. The number of hydrogen-bond donors (Lipinski definition) is 0. The summed E-state index contributed by atoms with van der Waals surface area (Å²) < 4.78 is 25.5. The molecule has 0 aliphatic rings. The van der Waals surface area contributed by atoms with Crippen molar-refractivity contribution in [2.24, 2.45) is 0 Å². The van der Waals surface area contributed by atoms with E-state index in [4.69, 9.17) is 9.05 Å². The van der Waals surface area contributed by atoms with E-state index < -0.39 is 7.60 Å². The zero-order valence-electron chi connectivity index (χ0n) is 11.9. The molecule has 0 N–H and O–H groups in total. The zero-order valence-corrected chi connectivity index (χ0v) is 16.6. The van der Waals surface area contributed by atoms with E-state index in [9.17, 15) is 4.57 Å². The molecule has 0 aromatic heterocycles. The Morgan fingerprint density at radius 1 is 1.14 bits per heavy atom. The molecular formula is C15H17BrIO3P. The summed E-state index contributed by atoms with van der Waals surface area (Å²) in [6, 6.07) is 10.2. The van der Waals surface area contributed by atoms with Crippen LogP contribution in [0.2, 0.25) is 0 Å². The maximum atomic E-state index is 12.6. The van der Waals surface area contributed by atoms with Crippen LogP contribution in [0.1, 0.15) is 19.4 Å². The molecule has 0 saturated carbocycles. The first-order chi connectivity index (χ1) is 9.99. The Balaban J connectivity index is 2.35. The van der Waals surface area contributed by atoms with E-state index in [1.165, 1.54) is 3.57 Å². The molecule has 2 rings (SSSR count). The van der Waals surface area contributed by atoms with Crippen molar-refractivity contribution in [2.75, 3.05) is 13.2 Å². The maximum Gasteiger partial charge on any atom is 0.335 e. The Labute approximate surface area is 147 Å². The second kappa shape index (κ2) is 7.55. The van der Waals surface area contributed by atoms with Gasteiger partial charge in [-0.05, 0) is 74.8 Å². The molecular weight excluding hydrogens is 466 g/mol. The van der Waals surface area contributed by atoms with Crippen molar-refractivity contribution < 1.29 is 13.6 Å². The summed E-state index contributed by atoms with van der Waals surface area (Å²) in [6.45, 7) is 4.42. The molecule has 0 heterocycles. The predicted molar refractivity (Wildman–Crippen MR) is 98.9 cm³/mol. The van der Waals surface area contributed by atoms with Gasteiger partial charge in [0.2, 0.25) is 0 Å². The summed E-state index contributed by atoms with van der Waals surface area (Å²) in [6.07, 6.45) is 0.300. The third-order valence-electron chi connectivity index (χ3n) is 3.00. The average molecular weight is 483 g/mol. The fourth-order valence-electron chi connectivity index (χ4n) is 2.16. The van der Waals surface area contributed by atoms with Crippen LogP contribution in [-0.4, -0.2) is 13.2 Å². The molecule has 0 spiro atoms. The van der Waals surface area contributed by atoms with Gasteiger partial charge in [-0.25, -0.2) is 0 Å². The zero-order chi connectivity index (χ0) is 15.5. The van der Waals surface area contributed by atoms with Gasteiger partial charge in [0.25, 0.3) is 0 Å². The normalized spacial score (nSPS) is 12.0. The van der Waals surface area contributed by atoms with Gasteiger partial charge in [0, 0.05) is 8.04 Å². The van der Waals surface area contributed by atoms with Crippen molar-refractivity contribution in [2.45, 2.75) is 20.0 Å². The Kier molecular flexibility index (Phi) is 6.26. The van der Waals surface area contributed by atoms with Crippen molar-refractivity contribution in [1.82, 2.24) is 0 Å². The lowest BCUT2D eigenvalue weighted by Crippen LogP contribution is -1.99. The lowest BCUT2D eigenvalue weighted by atomic mass is 10.1. The lowest BCUT2D eigenvalue weighted by Gasteiger charge is -2.17. The summed E-state index contributed by atoms with van der Waals surface area (Å²) in [4.78, 5) is 0. The maximum absolute atomic E-state index is 12.6. The van der Waals surface area contributed by atoms with Crippen LogP contribution in [0.15, 0.2) is 34.8 Å². The average Bonchev–Trinajstić information content (AvgIpc) is 2.43. The van der Waals surface area contributed by atoms with Crippen molar-refractivity contribution in [1.29, 1.82) is 0 Å². The minimum Gasteiger partial charge on any atom is -0.309 e. The molecule has 0 radical (unpaired) electrons. The smallest absolute Gasteiger partial charge is 0.309 e. The molecule has 2 aromatic rings. The minimum absolute atomic E-state index is 0.300. The Hall–Kier alpha value is 0.0600. The third-order valence-corrected chi connectivity index (χ3v) is 7.55. The van der Waals surface area contributed by atoms with Gasteiger partial charge < -0.3 is 9.05 Å². The largest absolute Gasteiger partial charge is 0.335 e. The summed E-state index contributed by atoms with van der Waals surface area (Å²) in [5, 5.41) is 2.26. The molecule has 0 saturated heterocycles. The molecule has 0 unspecified atom stereocenters. The fraction of sp³-hybridized carbons (Fsp3) is 0.333. The number of halogens is 2. The van der Waals surface area contributed by atoms with Crippen molar-refractivity contribution in [3.63, 3.8) is 0 Å². The van der Waals surface area contributed by atoms with Crippen molar-refractivity contribution in [3.8, 4) is 0 Å².